The number of alkyl carbamates (subject to hydrolysis) is 1. The maximum atomic E-state index is 13.6. The smallest absolute Gasteiger partial charge is 0.408 e. The van der Waals surface area contributed by atoms with Crippen molar-refractivity contribution < 1.29 is 53.3 Å². The molecule has 4 rings (SSSR count). The molecule has 48 heavy (non-hydrogen) atoms. The van der Waals surface area contributed by atoms with E-state index in [4.69, 9.17) is 18.9 Å². The highest BCUT2D eigenvalue weighted by atomic mass is 16.6. The van der Waals surface area contributed by atoms with Crippen LogP contribution in [0.5, 0.6) is 23.0 Å². The van der Waals surface area contributed by atoms with Crippen LogP contribution in [0.3, 0.4) is 0 Å². The van der Waals surface area contributed by atoms with Gasteiger partial charge in [-0.25, -0.2) is 9.59 Å². The van der Waals surface area contributed by atoms with Crippen molar-refractivity contribution in [2.45, 2.75) is 83.4 Å². The maximum Gasteiger partial charge on any atom is 0.408 e. The average Bonchev–Trinajstić information content (AvgIpc) is 2.95. The largest absolute Gasteiger partial charge is 0.504 e. The number of nitro benzene ring substituents is 1. The molecule has 0 radical (unpaired) electrons. The van der Waals surface area contributed by atoms with Crippen molar-refractivity contribution in [1.82, 2.24) is 16.0 Å². The fourth-order valence-corrected chi connectivity index (χ4v) is 4.48. The van der Waals surface area contributed by atoms with Gasteiger partial charge in [0.15, 0.2) is 17.5 Å². The molecule has 0 saturated carbocycles. The Morgan fingerprint density at radius 2 is 1.67 bits per heavy atom. The molecule has 0 fully saturated rings. The monoisotopic (exact) mass is 671 g/mol. The van der Waals surface area contributed by atoms with E-state index in [1.165, 1.54) is 19.2 Å². The highest BCUT2D eigenvalue weighted by Gasteiger charge is 2.38. The van der Waals surface area contributed by atoms with Gasteiger partial charge in [-0.05, 0) is 70.9 Å². The van der Waals surface area contributed by atoms with Crippen molar-refractivity contribution >= 4 is 29.6 Å². The number of aliphatic hydroxyl groups is 1. The molecule has 0 unspecified atom stereocenters. The van der Waals surface area contributed by atoms with Crippen molar-refractivity contribution in [3.05, 3.63) is 51.6 Å². The number of phenols is 1. The number of benzene rings is 2. The molecule has 0 aliphatic carbocycles. The molecule has 2 aromatic carbocycles. The van der Waals surface area contributed by atoms with E-state index in [1.807, 2.05) is 0 Å². The molecule has 2 aliphatic rings. The first-order valence-corrected chi connectivity index (χ1v) is 14.5. The molecule has 0 saturated heterocycles. The molecule has 4 bridgehead atoms. The van der Waals surface area contributed by atoms with Gasteiger partial charge in [-0.1, -0.05) is 6.07 Å². The van der Waals surface area contributed by atoms with Crippen LogP contribution in [-0.2, 0) is 23.9 Å². The van der Waals surface area contributed by atoms with Gasteiger partial charge < -0.3 is 45.1 Å². The van der Waals surface area contributed by atoms with E-state index >= 15 is 0 Å². The molecule has 2 heterocycles. The van der Waals surface area contributed by atoms with Gasteiger partial charge in [0.1, 0.15) is 29.4 Å². The topological polar surface area (TPSA) is 249 Å². The molecule has 5 N–H and O–H groups in total. The van der Waals surface area contributed by atoms with Crippen LogP contribution in [-0.4, -0.2) is 69.4 Å². The van der Waals surface area contributed by atoms with E-state index in [1.54, 1.807) is 47.6 Å². The SMILES string of the molecule is COc1c(O)cc2cc1Oc1ccc(cc1[N+](=O)[O-])[C@@H](O)[C@@H](NC(=O)OC(C)(C)C)C(=O)N[C@@H](CC#N)C(=O)N[C@H]2C(=O)OC(C)(C)C. The van der Waals surface area contributed by atoms with E-state index in [2.05, 4.69) is 16.0 Å². The number of hydrogen-bond acceptors (Lipinski definition) is 13. The lowest BCUT2D eigenvalue weighted by molar-refractivity contribution is -0.385. The van der Waals surface area contributed by atoms with Gasteiger partial charge in [0.2, 0.25) is 23.3 Å². The summed E-state index contributed by atoms with van der Waals surface area (Å²) in [7, 11) is 1.18. The van der Waals surface area contributed by atoms with E-state index in [0.29, 0.717) is 0 Å². The van der Waals surface area contributed by atoms with Crippen molar-refractivity contribution in [2.75, 3.05) is 7.11 Å². The number of rotatable bonds is 5. The van der Waals surface area contributed by atoms with Crippen LogP contribution in [0, 0.1) is 21.4 Å². The van der Waals surface area contributed by atoms with Gasteiger partial charge in [-0.3, -0.25) is 19.7 Å². The number of esters is 1. The first-order valence-electron chi connectivity index (χ1n) is 14.5. The van der Waals surface area contributed by atoms with Gasteiger partial charge in [0.05, 0.1) is 24.5 Å². The van der Waals surface area contributed by atoms with Gasteiger partial charge in [-0.2, -0.15) is 5.26 Å². The van der Waals surface area contributed by atoms with E-state index in [0.717, 1.165) is 18.2 Å². The average molecular weight is 672 g/mol. The summed E-state index contributed by atoms with van der Waals surface area (Å²) in [5, 5.41) is 50.7. The van der Waals surface area contributed by atoms with Crippen LogP contribution in [0.1, 0.15) is 71.2 Å². The standard InChI is InChI=1S/C31H37N5O12/c1-30(2,3)47-28(41)22-16-13-19(37)25(45-7)21(14-16)46-20-9-8-15(12-18(20)36(43)44)24(38)23(35-29(42)48-31(4,5)6)27(40)33-17(10-11-32)26(39)34-22/h8-9,12-14,17,22-24,37-38H,10H2,1-7H3,(H,33,40)(H,34,39)(H,35,42)/t17-,22+,23+,24+/m0/s1. The Hall–Kier alpha value is -5.63. The summed E-state index contributed by atoms with van der Waals surface area (Å²) >= 11 is 0. The van der Waals surface area contributed by atoms with Crippen LogP contribution in [0.25, 0.3) is 0 Å². The predicted octanol–water partition coefficient (Wildman–Crippen LogP) is 2.94. The Bertz CT molecular complexity index is 1640. The number of fused-ring (bicyclic) bond motifs is 9. The Morgan fingerprint density at radius 1 is 1.02 bits per heavy atom. The van der Waals surface area contributed by atoms with E-state index in [-0.39, 0.29) is 22.6 Å². The normalized spacial score (nSPS) is 19.9. The van der Waals surface area contributed by atoms with Crippen LogP contribution >= 0.6 is 0 Å². The van der Waals surface area contributed by atoms with Crippen LogP contribution in [0.15, 0.2) is 30.3 Å². The minimum Gasteiger partial charge on any atom is -0.504 e. The van der Waals surface area contributed by atoms with Crippen LogP contribution < -0.4 is 25.4 Å². The van der Waals surface area contributed by atoms with Crippen molar-refractivity contribution in [3.8, 4) is 29.1 Å². The molecule has 2 aliphatic heterocycles. The summed E-state index contributed by atoms with van der Waals surface area (Å²) in [4.78, 5) is 64.7. The number of ether oxygens (including phenoxy) is 4. The van der Waals surface area contributed by atoms with Crippen molar-refractivity contribution in [2.24, 2.45) is 0 Å². The third kappa shape index (κ3) is 9.22. The van der Waals surface area contributed by atoms with Gasteiger partial charge in [-0.15, -0.1) is 0 Å². The number of hydrogen-bond donors (Lipinski definition) is 5. The fraction of sp³-hybridized carbons (Fsp3) is 0.452. The quantitative estimate of drug-likeness (QED) is 0.174. The highest BCUT2D eigenvalue weighted by Crippen LogP contribution is 2.44. The second kappa shape index (κ2) is 14.4. The van der Waals surface area contributed by atoms with Crippen LogP contribution in [0.2, 0.25) is 0 Å². The van der Waals surface area contributed by atoms with Crippen molar-refractivity contribution in [1.29, 1.82) is 5.26 Å². The Kier molecular flexibility index (Phi) is 11.1. The Morgan fingerprint density at radius 3 is 2.23 bits per heavy atom. The maximum absolute atomic E-state index is 13.6. The number of nitro groups is 1. The first kappa shape index (κ1) is 36.8. The number of methoxy groups -OCH3 is 1. The zero-order chi connectivity index (χ0) is 36.1. The third-order valence-electron chi connectivity index (χ3n) is 6.46. The molecule has 4 atom stereocenters. The third-order valence-corrected chi connectivity index (χ3v) is 6.46. The fourth-order valence-electron chi connectivity index (χ4n) is 4.48. The number of nitrogens with one attached hydrogen (secondary N) is 3. The summed E-state index contributed by atoms with van der Waals surface area (Å²) in [6.07, 6.45) is -3.77. The van der Waals surface area contributed by atoms with Gasteiger partial charge in [0.25, 0.3) is 0 Å². The number of phenolic OH excluding ortho intramolecular Hbond substituents is 1. The number of nitriles is 1. The highest BCUT2D eigenvalue weighted by molar-refractivity contribution is 5.94. The zero-order valence-corrected chi connectivity index (χ0v) is 27.3. The Labute approximate surface area is 275 Å². The number of carbonyl (C=O) groups excluding carboxylic acids is 4. The number of aliphatic hydroxyl groups excluding tert-OH is 1. The minimum atomic E-state index is -1.97. The molecule has 17 nitrogen and oxygen atoms in total. The molecule has 0 aromatic heterocycles. The summed E-state index contributed by atoms with van der Waals surface area (Å²) in [6, 6.07) is 1.87. The summed E-state index contributed by atoms with van der Waals surface area (Å²) in [5.74, 6) is -4.86. The molecular weight excluding hydrogens is 634 g/mol. The first-order chi connectivity index (χ1) is 22.2. The number of amides is 3. The molecule has 258 valence electrons. The Balaban J connectivity index is 2.30. The molecule has 17 heteroatoms. The summed E-state index contributed by atoms with van der Waals surface area (Å²) in [6.45, 7) is 9.32. The van der Waals surface area contributed by atoms with Gasteiger partial charge in [0, 0.05) is 6.07 Å². The number of carbonyl (C=O) groups is 4. The minimum absolute atomic E-state index is 0.126. The second-order valence-corrected chi connectivity index (χ2v) is 12.6. The lowest BCUT2D eigenvalue weighted by Crippen LogP contribution is -2.56. The number of nitrogens with zero attached hydrogens (tertiary/aromatic N) is 2. The van der Waals surface area contributed by atoms with Crippen LogP contribution in [0.4, 0.5) is 10.5 Å². The zero-order valence-electron chi connectivity index (χ0n) is 27.3. The second-order valence-electron chi connectivity index (χ2n) is 12.6. The molecular formula is C31H37N5O12. The van der Waals surface area contributed by atoms with Gasteiger partial charge >= 0.3 is 17.7 Å². The number of aromatic hydroxyl groups is 1. The lowest BCUT2D eigenvalue weighted by Gasteiger charge is -2.29. The van der Waals surface area contributed by atoms with E-state index in [9.17, 15) is 44.8 Å². The van der Waals surface area contributed by atoms with Crippen molar-refractivity contribution in [3.63, 3.8) is 0 Å². The van der Waals surface area contributed by atoms with E-state index < -0.39 is 87.8 Å². The molecule has 2 aromatic rings. The summed E-state index contributed by atoms with van der Waals surface area (Å²) in [5.41, 5.74) is -3.16. The lowest BCUT2D eigenvalue weighted by atomic mass is 9.99. The molecule has 3 amide bonds. The molecule has 0 spiro atoms. The predicted molar refractivity (Wildman–Crippen MR) is 165 cm³/mol. The summed E-state index contributed by atoms with van der Waals surface area (Å²) < 4.78 is 21.7.